The summed E-state index contributed by atoms with van der Waals surface area (Å²) in [5, 5.41) is 10.4. The third-order valence-corrected chi connectivity index (χ3v) is 4.41. The van der Waals surface area contributed by atoms with Gasteiger partial charge in [-0.25, -0.2) is 0 Å². The van der Waals surface area contributed by atoms with E-state index in [0.29, 0.717) is 19.2 Å². The number of rotatable bonds is 7. The molecule has 1 aromatic carbocycles. The van der Waals surface area contributed by atoms with Crippen molar-refractivity contribution in [3.63, 3.8) is 0 Å². The highest BCUT2D eigenvalue weighted by molar-refractivity contribution is 5.29. The lowest BCUT2D eigenvalue weighted by Crippen LogP contribution is -2.36. The maximum atomic E-state index is 10.4. The van der Waals surface area contributed by atoms with Crippen LogP contribution in [0, 0.1) is 0 Å². The second-order valence-corrected chi connectivity index (χ2v) is 6.56. The van der Waals surface area contributed by atoms with Gasteiger partial charge in [-0.2, -0.15) is 0 Å². The fourth-order valence-electron chi connectivity index (χ4n) is 3.04. The lowest BCUT2D eigenvalue weighted by molar-refractivity contribution is 0.0914. The first-order valence-electron chi connectivity index (χ1n) is 8.31. The molecule has 0 heterocycles. The Morgan fingerprint density at radius 3 is 2.50 bits per heavy atom. The highest BCUT2D eigenvalue weighted by Gasteiger charge is 2.20. The van der Waals surface area contributed by atoms with Gasteiger partial charge >= 0.3 is 0 Å². The van der Waals surface area contributed by atoms with Crippen molar-refractivity contribution in [2.75, 3.05) is 20.2 Å². The zero-order chi connectivity index (χ0) is 15.9. The molecule has 1 fully saturated rings. The van der Waals surface area contributed by atoms with E-state index in [1.165, 1.54) is 32.1 Å². The van der Waals surface area contributed by atoms with Gasteiger partial charge in [0.2, 0.25) is 0 Å². The normalized spacial score (nSPS) is 17.5. The molecule has 3 heteroatoms. The molecular formula is C19H29NO2. The van der Waals surface area contributed by atoms with Crippen LogP contribution >= 0.6 is 0 Å². The average molecular weight is 303 g/mol. The van der Waals surface area contributed by atoms with Crippen molar-refractivity contribution in [2.24, 2.45) is 0 Å². The first-order chi connectivity index (χ1) is 10.6. The number of ether oxygens (including phenoxy) is 1. The molecule has 0 aromatic heterocycles. The van der Waals surface area contributed by atoms with Gasteiger partial charge in [-0.15, -0.1) is 0 Å². The van der Waals surface area contributed by atoms with Crippen molar-refractivity contribution in [3.05, 3.63) is 42.0 Å². The third kappa shape index (κ3) is 5.15. The molecule has 3 nitrogen and oxygen atoms in total. The largest absolute Gasteiger partial charge is 0.489 e. The average Bonchev–Trinajstić information content (AvgIpc) is 2.54. The quantitative estimate of drug-likeness (QED) is 0.774. The highest BCUT2D eigenvalue weighted by Crippen LogP contribution is 2.24. The summed E-state index contributed by atoms with van der Waals surface area (Å²) in [5.41, 5.74) is 1.95. The van der Waals surface area contributed by atoms with Gasteiger partial charge in [0.1, 0.15) is 12.4 Å². The molecule has 1 N–H and O–H groups in total. The van der Waals surface area contributed by atoms with Crippen LogP contribution in [0.3, 0.4) is 0 Å². The highest BCUT2D eigenvalue weighted by atomic mass is 16.5. The van der Waals surface area contributed by atoms with Crippen molar-refractivity contribution in [1.82, 2.24) is 4.90 Å². The number of benzene rings is 1. The Morgan fingerprint density at radius 1 is 1.27 bits per heavy atom. The van der Waals surface area contributed by atoms with E-state index < -0.39 is 6.10 Å². The summed E-state index contributed by atoms with van der Waals surface area (Å²) in [4.78, 5) is 2.31. The number of nitrogens with zero attached hydrogens (tertiary/aromatic N) is 1. The number of hydrogen-bond acceptors (Lipinski definition) is 3. The molecule has 1 unspecified atom stereocenters. The fraction of sp³-hybridized carbons (Fsp3) is 0.579. The van der Waals surface area contributed by atoms with E-state index in [9.17, 15) is 5.11 Å². The van der Waals surface area contributed by atoms with Gasteiger partial charge in [0.25, 0.3) is 0 Å². The molecule has 0 amide bonds. The molecule has 0 saturated heterocycles. The predicted molar refractivity (Wildman–Crippen MR) is 91.2 cm³/mol. The van der Waals surface area contributed by atoms with Crippen LogP contribution in [-0.4, -0.2) is 36.2 Å². The maximum absolute atomic E-state index is 10.4. The molecule has 22 heavy (non-hydrogen) atoms. The summed E-state index contributed by atoms with van der Waals surface area (Å²) in [6.45, 7) is 6.99. The van der Waals surface area contributed by atoms with E-state index in [4.69, 9.17) is 4.74 Å². The smallest absolute Gasteiger partial charge is 0.119 e. The molecule has 122 valence electrons. The van der Waals surface area contributed by atoms with Crippen LogP contribution in [0.15, 0.2) is 36.4 Å². The third-order valence-electron chi connectivity index (χ3n) is 4.41. The van der Waals surface area contributed by atoms with E-state index in [-0.39, 0.29) is 0 Å². The fourth-order valence-corrected chi connectivity index (χ4v) is 3.04. The second-order valence-electron chi connectivity index (χ2n) is 6.56. The summed E-state index contributed by atoms with van der Waals surface area (Å²) < 4.78 is 5.59. The molecule has 1 saturated carbocycles. The molecule has 2 rings (SSSR count). The van der Waals surface area contributed by atoms with E-state index in [1.807, 2.05) is 31.2 Å². The van der Waals surface area contributed by atoms with Crippen LogP contribution in [-0.2, 0) is 0 Å². The van der Waals surface area contributed by atoms with E-state index in [2.05, 4.69) is 18.5 Å². The Bertz CT molecular complexity index is 463. The van der Waals surface area contributed by atoms with Gasteiger partial charge in [-0.1, -0.05) is 38.0 Å². The molecule has 0 aliphatic heterocycles. The lowest BCUT2D eigenvalue weighted by Gasteiger charge is -2.32. The van der Waals surface area contributed by atoms with Crippen molar-refractivity contribution in [3.8, 4) is 5.75 Å². The Kier molecular flexibility index (Phi) is 6.47. The van der Waals surface area contributed by atoms with Crippen molar-refractivity contribution < 1.29 is 9.84 Å². The van der Waals surface area contributed by atoms with Crippen LogP contribution in [0.5, 0.6) is 5.75 Å². The van der Waals surface area contributed by atoms with Gasteiger partial charge in [0, 0.05) is 12.6 Å². The minimum atomic E-state index is -0.442. The minimum absolute atomic E-state index is 0.442. The molecule has 1 aromatic rings. The Hall–Kier alpha value is -1.32. The van der Waals surface area contributed by atoms with Gasteiger partial charge in [0.15, 0.2) is 0 Å². The Morgan fingerprint density at radius 2 is 1.91 bits per heavy atom. The van der Waals surface area contributed by atoms with Gasteiger partial charge in [-0.3, -0.25) is 0 Å². The Balaban J connectivity index is 1.86. The molecule has 1 aliphatic carbocycles. The second kappa shape index (κ2) is 8.35. The van der Waals surface area contributed by atoms with Crippen molar-refractivity contribution >= 4 is 0 Å². The number of aliphatic hydroxyl groups is 1. The van der Waals surface area contributed by atoms with E-state index >= 15 is 0 Å². The van der Waals surface area contributed by atoms with Crippen molar-refractivity contribution in [1.29, 1.82) is 0 Å². The van der Waals surface area contributed by atoms with Crippen LogP contribution in [0.4, 0.5) is 0 Å². The molecule has 0 spiro atoms. The summed E-state index contributed by atoms with van der Waals surface area (Å²) >= 11 is 0. The van der Waals surface area contributed by atoms with Crippen LogP contribution < -0.4 is 4.74 Å². The molecule has 1 atom stereocenters. The van der Waals surface area contributed by atoms with Crippen LogP contribution in [0.2, 0.25) is 0 Å². The van der Waals surface area contributed by atoms with Gasteiger partial charge < -0.3 is 14.7 Å². The van der Waals surface area contributed by atoms with Gasteiger partial charge in [-0.05, 0) is 50.1 Å². The van der Waals surface area contributed by atoms with Crippen molar-refractivity contribution in [2.45, 2.75) is 51.2 Å². The first kappa shape index (κ1) is 17.0. The van der Waals surface area contributed by atoms with Gasteiger partial charge in [0.05, 0.1) is 6.10 Å². The molecule has 1 aliphatic rings. The lowest BCUT2D eigenvalue weighted by atomic mass is 9.94. The predicted octanol–water partition coefficient (Wildman–Crippen LogP) is 3.94. The van der Waals surface area contributed by atoms with E-state index in [1.54, 1.807) is 0 Å². The number of aliphatic hydroxyl groups excluding tert-OH is 1. The maximum Gasteiger partial charge on any atom is 0.119 e. The van der Waals surface area contributed by atoms with Crippen LogP contribution in [0.25, 0.3) is 0 Å². The summed E-state index contributed by atoms with van der Waals surface area (Å²) in [6.07, 6.45) is 6.08. The minimum Gasteiger partial charge on any atom is -0.489 e. The SMILES string of the molecule is C=C(C)COc1ccc(C(O)CN(C)C2CCCCC2)cc1. The summed E-state index contributed by atoms with van der Waals surface area (Å²) in [7, 11) is 2.13. The number of likely N-dealkylation sites (N-methyl/N-ethyl adjacent to an activating group) is 1. The Labute approximate surface area is 134 Å². The standard InChI is InChI=1S/C19H29NO2/c1-15(2)14-22-18-11-9-16(10-12-18)19(21)13-20(3)17-7-5-4-6-8-17/h9-12,17,19,21H,1,4-8,13-14H2,2-3H3. The topological polar surface area (TPSA) is 32.7 Å². The summed E-state index contributed by atoms with van der Waals surface area (Å²) in [5.74, 6) is 0.819. The monoisotopic (exact) mass is 303 g/mol. The molecular weight excluding hydrogens is 274 g/mol. The molecule has 0 radical (unpaired) electrons. The zero-order valence-electron chi connectivity index (χ0n) is 13.9. The molecule has 0 bridgehead atoms. The summed E-state index contributed by atoms with van der Waals surface area (Å²) in [6, 6.07) is 8.37. The first-order valence-corrected chi connectivity index (χ1v) is 8.31. The number of hydrogen-bond donors (Lipinski definition) is 1. The zero-order valence-corrected chi connectivity index (χ0v) is 13.9. The van der Waals surface area contributed by atoms with E-state index in [0.717, 1.165) is 16.9 Å². The van der Waals surface area contributed by atoms with Crippen LogP contribution in [0.1, 0.15) is 50.7 Å².